The van der Waals surface area contributed by atoms with Crippen LogP contribution in [-0.2, 0) is 0 Å². The zero-order chi connectivity index (χ0) is 14.1. The number of halogens is 2. The summed E-state index contributed by atoms with van der Waals surface area (Å²) in [6.07, 6.45) is 2.17. The fourth-order valence-corrected chi connectivity index (χ4v) is 2.57. The van der Waals surface area contributed by atoms with E-state index in [-0.39, 0.29) is 5.56 Å². The largest absolute Gasteiger partial charge is 0.357 e. The van der Waals surface area contributed by atoms with E-state index in [1.807, 2.05) is 0 Å². The first-order valence-corrected chi connectivity index (χ1v) is 6.52. The van der Waals surface area contributed by atoms with Gasteiger partial charge in [-0.05, 0) is 31.0 Å². The second-order valence-corrected chi connectivity index (χ2v) is 4.88. The maximum absolute atomic E-state index is 13.8. The van der Waals surface area contributed by atoms with E-state index in [4.69, 9.17) is 0 Å². The topological polar surface area (TPSA) is 42.8 Å². The second-order valence-electron chi connectivity index (χ2n) is 4.88. The molecule has 20 heavy (non-hydrogen) atoms. The Labute approximate surface area is 115 Å². The third-order valence-corrected chi connectivity index (χ3v) is 3.56. The van der Waals surface area contributed by atoms with Gasteiger partial charge in [-0.15, -0.1) is 0 Å². The summed E-state index contributed by atoms with van der Waals surface area (Å²) in [5.41, 5.74) is 1.26. The Morgan fingerprint density at radius 1 is 1.15 bits per heavy atom. The van der Waals surface area contributed by atoms with Gasteiger partial charge in [0.05, 0.1) is 11.3 Å². The fourth-order valence-electron chi connectivity index (χ4n) is 2.57. The van der Waals surface area contributed by atoms with Gasteiger partial charge in [0.1, 0.15) is 23.5 Å². The highest BCUT2D eigenvalue weighted by Gasteiger charge is 2.20. The van der Waals surface area contributed by atoms with Crippen LogP contribution in [0.2, 0.25) is 0 Å². The molecule has 0 saturated carbocycles. The van der Waals surface area contributed by atoms with Crippen LogP contribution in [0.15, 0.2) is 24.3 Å². The predicted octanol–water partition coefficient (Wildman–Crippen LogP) is 3.43. The average Bonchev–Trinajstić information content (AvgIpc) is 3.07. The van der Waals surface area contributed by atoms with Crippen molar-refractivity contribution in [3.05, 3.63) is 41.5 Å². The van der Waals surface area contributed by atoms with Crippen LogP contribution in [0.3, 0.4) is 0 Å². The Hall–Kier alpha value is -2.35. The predicted molar refractivity (Wildman–Crippen MR) is 72.3 cm³/mol. The van der Waals surface area contributed by atoms with E-state index in [1.165, 1.54) is 12.1 Å². The Kier molecular flexibility index (Phi) is 3.15. The molecule has 1 N–H and O–H groups in total. The van der Waals surface area contributed by atoms with Crippen molar-refractivity contribution >= 4 is 5.82 Å². The fraction of sp³-hybridized carbons (Fsp3) is 0.267. The minimum atomic E-state index is -0.635. The molecule has 1 aliphatic heterocycles. The summed E-state index contributed by atoms with van der Waals surface area (Å²) in [4.78, 5) is 5.18. The van der Waals surface area contributed by atoms with Crippen molar-refractivity contribution in [1.82, 2.24) is 4.98 Å². The number of benzene rings is 1. The summed E-state index contributed by atoms with van der Waals surface area (Å²) in [5, 5.41) is 9.20. The van der Waals surface area contributed by atoms with E-state index in [0.29, 0.717) is 11.3 Å². The summed E-state index contributed by atoms with van der Waals surface area (Å²) in [6.45, 7) is 1.78. The minimum absolute atomic E-state index is 0.272. The maximum Gasteiger partial charge on any atom is 0.135 e. The molecule has 1 aliphatic rings. The molecule has 3 nitrogen and oxygen atoms in total. The van der Waals surface area contributed by atoms with Gasteiger partial charge >= 0.3 is 0 Å². The van der Waals surface area contributed by atoms with Gasteiger partial charge in [0.2, 0.25) is 0 Å². The lowest BCUT2D eigenvalue weighted by molar-refractivity contribution is 0.585. The van der Waals surface area contributed by atoms with E-state index in [2.05, 4.69) is 16.0 Å². The van der Waals surface area contributed by atoms with Crippen LogP contribution in [0.5, 0.6) is 0 Å². The molecule has 3 rings (SSSR count). The summed E-state index contributed by atoms with van der Waals surface area (Å²) in [5.74, 6) is -0.523. The van der Waals surface area contributed by atoms with Gasteiger partial charge in [-0.2, -0.15) is 5.26 Å². The Morgan fingerprint density at radius 2 is 1.90 bits per heavy atom. The number of H-pyrrole nitrogens is 1. The van der Waals surface area contributed by atoms with Gasteiger partial charge in [0.25, 0.3) is 0 Å². The van der Waals surface area contributed by atoms with Crippen molar-refractivity contribution in [2.75, 3.05) is 18.0 Å². The van der Waals surface area contributed by atoms with E-state index >= 15 is 0 Å². The zero-order valence-corrected chi connectivity index (χ0v) is 10.8. The summed E-state index contributed by atoms with van der Waals surface area (Å²) in [7, 11) is 0. The number of anilines is 1. The Morgan fingerprint density at radius 3 is 2.55 bits per heavy atom. The van der Waals surface area contributed by atoms with Crippen molar-refractivity contribution in [2.45, 2.75) is 12.8 Å². The second kappa shape index (κ2) is 4.97. The molecule has 0 unspecified atom stereocenters. The third-order valence-electron chi connectivity index (χ3n) is 3.56. The molecule has 2 aromatic rings. The van der Waals surface area contributed by atoms with Crippen molar-refractivity contribution in [1.29, 1.82) is 5.26 Å². The standard InChI is InChI=1S/C15H13F2N3/c16-11-3-4-12(13(17)8-11)14-7-10(9-18)15(19-14)20-5-1-2-6-20/h3-4,7-8,19H,1-2,5-6H2. The Balaban J connectivity index is 2.04. The quantitative estimate of drug-likeness (QED) is 0.910. The number of hydrogen-bond donors (Lipinski definition) is 1. The van der Waals surface area contributed by atoms with E-state index in [9.17, 15) is 14.0 Å². The van der Waals surface area contributed by atoms with Crippen molar-refractivity contribution in [3.63, 3.8) is 0 Å². The highest BCUT2D eigenvalue weighted by Crippen LogP contribution is 2.30. The first-order chi connectivity index (χ1) is 9.69. The molecular weight excluding hydrogens is 260 g/mol. The first-order valence-electron chi connectivity index (χ1n) is 6.52. The molecule has 1 aromatic heterocycles. The van der Waals surface area contributed by atoms with Gasteiger partial charge in [0, 0.05) is 24.7 Å². The normalized spacial score (nSPS) is 14.6. The smallest absolute Gasteiger partial charge is 0.135 e. The van der Waals surface area contributed by atoms with E-state index in [0.717, 1.165) is 37.8 Å². The van der Waals surface area contributed by atoms with Gasteiger partial charge in [-0.3, -0.25) is 0 Å². The SMILES string of the molecule is N#Cc1cc(-c2ccc(F)cc2F)[nH]c1N1CCCC1. The number of nitrogens with one attached hydrogen (secondary N) is 1. The highest BCUT2D eigenvalue weighted by atomic mass is 19.1. The molecule has 0 amide bonds. The lowest BCUT2D eigenvalue weighted by Gasteiger charge is -2.15. The minimum Gasteiger partial charge on any atom is -0.357 e. The Bertz CT molecular complexity index is 679. The average molecular weight is 273 g/mol. The molecule has 5 heteroatoms. The molecule has 2 heterocycles. The molecule has 0 atom stereocenters. The number of hydrogen-bond acceptors (Lipinski definition) is 2. The van der Waals surface area contributed by atoms with Crippen LogP contribution in [0.1, 0.15) is 18.4 Å². The first kappa shape index (κ1) is 12.7. The number of aromatic amines is 1. The highest BCUT2D eigenvalue weighted by molar-refractivity contribution is 5.70. The number of rotatable bonds is 2. The molecule has 102 valence electrons. The number of nitriles is 1. The van der Waals surface area contributed by atoms with Gasteiger partial charge in [-0.1, -0.05) is 0 Å². The molecule has 0 spiro atoms. The molecule has 1 fully saturated rings. The molecular formula is C15H13F2N3. The third kappa shape index (κ3) is 2.14. The number of aromatic nitrogens is 1. The van der Waals surface area contributed by atoms with Crippen LogP contribution in [0.25, 0.3) is 11.3 Å². The summed E-state index contributed by atoms with van der Waals surface area (Å²) in [6, 6.07) is 7.17. The van der Waals surface area contributed by atoms with E-state index in [1.54, 1.807) is 6.07 Å². The lowest BCUT2D eigenvalue weighted by Crippen LogP contribution is -2.18. The van der Waals surface area contributed by atoms with Crippen LogP contribution < -0.4 is 4.90 Å². The zero-order valence-electron chi connectivity index (χ0n) is 10.8. The van der Waals surface area contributed by atoms with Gasteiger partial charge in [0.15, 0.2) is 0 Å². The monoisotopic (exact) mass is 273 g/mol. The van der Waals surface area contributed by atoms with Crippen molar-refractivity contribution < 1.29 is 8.78 Å². The van der Waals surface area contributed by atoms with Crippen LogP contribution in [0, 0.1) is 23.0 Å². The van der Waals surface area contributed by atoms with Crippen LogP contribution >= 0.6 is 0 Å². The lowest BCUT2D eigenvalue weighted by atomic mass is 10.1. The molecule has 1 aromatic carbocycles. The van der Waals surface area contributed by atoms with Crippen molar-refractivity contribution in [3.8, 4) is 17.3 Å². The van der Waals surface area contributed by atoms with E-state index < -0.39 is 11.6 Å². The van der Waals surface area contributed by atoms with Crippen LogP contribution in [0.4, 0.5) is 14.6 Å². The van der Waals surface area contributed by atoms with Crippen molar-refractivity contribution in [2.24, 2.45) is 0 Å². The maximum atomic E-state index is 13.8. The molecule has 1 saturated heterocycles. The number of nitrogens with zero attached hydrogens (tertiary/aromatic N) is 2. The van der Waals surface area contributed by atoms with Gasteiger partial charge in [-0.25, -0.2) is 8.78 Å². The summed E-state index contributed by atoms with van der Waals surface area (Å²) >= 11 is 0. The molecule has 0 aliphatic carbocycles. The molecule has 0 radical (unpaired) electrons. The van der Waals surface area contributed by atoms with Gasteiger partial charge < -0.3 is 9.88 Å². The van der Waals surface area contributed by atoms with Crippen LogP contribution in [-0.4, -0.2) is 18.1 Å². The molecule has 0 bridgehead atoms. The summed E-state index contributed by atoms with van der Waals surface area (Å²) < 4.78 is 26.8.